The Bertz CT molecular complexity index is 643. The maximum Gasteiger partial charge on any atom is 0.122 e. The van der Waals surface area contributed by atoms with E-state index in [2.05, 4.69) is 12.0 Å². The quantitative estimate of drug-likeness (QED) is 0.669. The Hall–Kier alpha value is -1.81. The van der Waals surface area contributed by atoms with Gasteiger partial charge in [0.1, 0.15) is 5.84 Å². The van der Waals surface area contributed by atoms with Gasteiger partial charge in [0.05, 0.1) is 12.2 Å². The lowest BCUT2D eigenvalue weighted by atomic mass is 10.1. The van der Waals surface area contributed by atoms with Crippen molar-refractivity contribution in [1.82, 2.24) is 9.78 Å². The molecule has 1 heterocycles. The molecule has 1 aromatic carbocycles. The monoisotopic (exact) mass is 276 g/mol. The van der Waals surface area contributed by atoms with E-state index < -0.39 is 0 Å². The van der Waals surface area contributed by atoms with Crippen LogP contribution in [0.4, 0.5) is 0 Å². The Balaban J connectivity index is 2.33. The molecule has 0 aliphatic carbocycles. The van der Waals surface area contributed by atoms with Crippen LogP contribution in [0.5, 0.6) is 0 Å². The van der Waals surface area contributed by atoms with Crippen LogP contribution in [-0.4, -0.2) is 15.6 Å². The van der Waals surface area contributed by atoms with Gasteiger partial charge in [0, 0.05) is 16.3 Å². The molecule has 1 aromatic heterocycles. The average Bonchev–Trinajstić information content (AvgIpc) is 2.59. The highest BCUT2D eigenvalue weighted by molar-refractivity contribution is 6.31. The van der Waals surface area contributed by atoms with Crippen LogP contribution >= 0.6 is 11.6 Å². The van der Waals surface area contributed by atoms with Crippen LogP contribution in [0, 0.1) is 26.2 Å². The highest BCUT2D eigenvalue weighted by Crippen LogP contribution is 2.20. The second-order valence-electron chi connectivity index (χ2n) is 4.67. The molecule has 0 spiro atoms. The number of nitrogens with zero attached hydrogens (tertiary/aromatic N) is 2. The lowest BCUT2D eigenvalue weighted by Gasteiger charge is -2.08. The van der Waals surface area contributed by atoms with Crippen LogP contribution in [0.3, 0.4) is 0 Å². The van der Waals surface area contributed by atoms with Crippen molar-refractivity contribution in [2.45, 2.75) is 27.3 Å². The smallest absolute Gasteiger partial charge is 0.122 e. The molecule has 0 atom stereocenters. The van der Waals surface area contributed by atoms with Crippen LogP contribution in [0.25, 0.3) is 0 Å². The SMILES string of the molecule is Cc1nn(Cc2ccc(C(=N)N)cc2Cl)c(C)c1C. The summed E-state index contributed by atoms with van der Waals surface area (Å²) in [6, 6.07) is 5.42. The number of nitrogens with two attached hydrogens (primary N) is 1. The van der Waals surface area contributed by atoms with Crippen LogP contribution in [0.2, 0.25) is 5.02 Å². The second kappa shape index (κ2) is 5.05. The minimum absolute atomic E-state index is 0.0235. The second-order valence-corrected chi connectivity index (χ2v) is 5.08. The molecule has 3 N–H and O–H groups in total. The molecule has 4 nitrogen and oxygen atoms in total. The zero-order valence-corrected chi connectivity index (χ0v) is 12.0. The summed E-state index contributed by atoms with van der Waals surface area (Å²) in [6.45, 7) is 6.73. The largest absolute Gasteiger partial charge is 0.384 e. The molecule has 5 heteroatoms. The van der Waals surface area contributed by atoms with Crippen LogP contribution in [-0.2, 0) is 6.54 Å². The van der Waals surface area contributed by atoms with Gasteiger partial charge in [-0.05, 0) is 38.0 Å². The Labute approximate surface area is 117 Å². The fourth-order valence-corrected chi connectivity index (χ4v) is 2.19. The predicted molar refractivity (Wildman–Crippen MR) is 78.0 cm³/mol. The summed E-state index contributed by atoms with van der Waals surface area (Å²) in [5, 5.41) is 12.5. The summed E-state index contributed by atoms with van der Waals surface area (Å²) < 4.78 is 1.94. The van der Waals surface area contributed by atoms with Crippen LogP contribution < -0.4 is 5.73 Å². The number of amidine groups is 1. The first-order valence-corrected chi connectivity index (χ1v) is 6.41. The summed E-state index contributed by atoms with van der Waals surface area (Å²) >= 11 is 6.23. The molecule has 0 aliphatic heterocycles. The van der Waals surface area contributed by atoms with Crippen molar-refractivity contribution >= 4 is 17.4 Å². The molecule has 0 radical (unpaired) electrons. The van der Waals surface area contributed by atoms with Gasteiger partial charge in [-0.15, -0.1) is 0 Å². The topological polar surface area (TPSA) is 67.7 Å². The molecule has 0 saturated heterocycles. The Morgan fingerprint density at radius 1 is 1.37 bits per heavy atom. The van der Waals surface area contributed by atoms with Crippen molar-refractivity contribution in [3.05, 3.63) is 51.3 Å². The van der Waals surface area contributed by atoms with E-state index in [1.54, 1.807) is 6.07 Å². The Morgan fingerprint density at radius 3 is 2.53 bits per heavy atom. The van der Waals surface area contributed by atoms with E-state index in [4.69, 9.17) is 22.7 Å². The molecular formula is C14H17ClN4. The van der Waals surface area contributed by atoms with E-state index in [1.165, 1.54) is 5.56 Å². The molecule has 0 amide bonds. The molecular weight excluding hydrogens is 260 g/mol. The molecule has 19 heavy (non-hydrogen) atoms. The van der Waals surface area contributed by atoms with Crippen molar-refractivity contribution in [1.29, 1.82) is 5.41 Å². The number of aryl methyl sites for hydroxylation is 1. The van der Waals surface area contributed by atoms with E-state index in [-0.39, 0.29) is 5.84 Å². The van der Waals surface area contributed by atoms with Gasteiger partial charge in [-0.3, -0.25) is 10.1 Å². The van der Waals surface area contributed by atoms with E-state index in [9.17, 15) is 0 Å². The fraction of sp³-hybridized carbons (Fsp3) is 0.286. The molecule has 2 aromatic rings. The number of nitrogen functional groups attached to an aromatic ring is 1. The number of aromatic nitrogens is 2. The summed E-state index contributed by atoms with van der Waals surface area (Å²) in [7, 11) is 0. The summed E-state index contributed by atoms with van der Waals surface area (Å²) in [5.41, 5.74) is 10.4. The van der Waals surface area contributed by atoms with Crippen molar-refractivity contribution in [2.24, 2.45) is 5.73 Å². The first kappa shape index (κ1) is 13.6. The van der Waals surface area contributed by atoms with Crippen molar-refractivity contribution in [3.8, 4) is 0 Å². The third-order valence-electron chi connectivity index (χ3n) is 3.43. The minimum Gasteiger partial charge on any atom is -0.384 e. The minimum atomic E-state index is 0.0235. The number of nitrogens with one attached hydrogen (secondary N) is 1. The van der Waals surface area contributed by atoms with Crippen molar-refractivity contribution < 1.29 is 0 Å². The van der Waals surface area contributed by atoms with Crippen LogP contribution in [0.15, 0.2) is 18.2 Å². The highest BCUT2D eigenvalue weighted by Gasteiger charge is 2.10. The third-order valence-corrected chi connectivity index (χ3v) is 3.78. The molecule has 100 valence electrons. The van der Waals surface area contributed by atoms with Crippen LogP contribution in [0.1, 0.15) is 28.1 Å². The molecule has 0 fully saturated rings. The molecule has 0 saturated carbocycles. The number of halogens is 1. The first-order valence-electron chi connectivity index (χ1n) is 6.03. The lowest BCUT2D eigenvalue weighted by molar-refractivity contribution is 0.658. The van der Waals surface area contributed by atoms with Gasteiger partial charge in [-0.1, -0.05) is 23.7 Å². The molecule has 0 bridgehead atoms. The maximum absolute atomic E-state index is 7.39. The number of hydrogen-bond donors (Lipinski definition) is 2. The number of benzene rings is 1. The van der Waals surface area contributed by atoms with E-state index in [0.29, 0.717) is 17.1 Å². The maximum atomic E-state index is 7.39. The molecule has 0 aliphatic rings. The standard InChI is InChI=1S/C14H17ClN4/c1-8-9(2)18-19(10(8)3)7-12-5-4-11(14(16)17)6-13(12)15/h4-6H,7H2,1-3H3,(H3,16,17). The predicted octanol–water partition coefficient (Wildman–Crippen LogP) is 2.79. The highest BCUT2D eigenvalue weighted by atomic mass is 35.5. The zero-order valence-electron chi connectivity index (χ0n) is 11.3. The lowest BCUT2D eigenvalue weighted by Crippen LogP contribution is -2.11. The zero-order chi connectivity index (χ0) is 14.2. The molecule has 0 unspecified atom stereocenters. The summed E-state index contributed by atoms with van der Waals surface area (Å²) in [5.74, 6) is 0.0235. The van der Waals surface area contributed by atoms with Crippen molar-refractivity contribution in [3.63, 3.8) is 0 Å². The normalized spacial score (nSPS) is 10.7. The Kier molecular flexibility index (Phi) is 3.62. The first-order chi connectivity index (χ1) is 8.90. The van der Waals surface area contributed by atoms with Gasteiger partial charge in [-0.25, -0.2) is 0 Å². The fourth-order valence-electron chi connectivity index (χ4n) is 1.94. The number of hydrogen-bond acceptors (Lipinski definition) is 2. The van der Waals surface area contributed by atoms with Gasteiger partial charge in [0.15, 0.2) is 0 Å². The van der Waals surface area contributed by atoms with Gasteiger partial charge in [0.25, 0.3) is 0 Å². The van der Waals surface area contributed by atoms with E-state index >= 15 is 0 Å². The Morgan fingerprint density at radius 2 is 2.05 bits per heavy atom. The van der Waals surface area contributed by atoms with E-state index in [0.717, 1.165) is 17.0 Å². The summed E-state index contributed by atoms with van der Waals surface area (Å²) in [6.07, 6.45) is 0. The van der Waals surface area contributed by atoms with Gasteiger partial charge in [-0.2, -0.15) is 5.10 Å². The van der Waals surface area contributed by atoms with Gasteiger partial charge in [0.2, 0.25) is 0 Å². The molecule has 2 rings (SSSR count). The average molecular weight is 277 g/mol. The third kappa shape index (κ3) is 2.63. The summed E-state index contributed by atoms with van der Waals surface area (Å²) in [4.78, 5) is 0. The number of rotatable bonds is 3. The van der Waals surface area contributed by atoms with Gasteiger partial charge >= 0.3 is 0 Å². The van der Waals surface area contributed by atoms with E-state index in [1.807, 2.05) is 30.7 Å². The van der Waals surface area contributed by atoms with Gasteiger partial charge < -0.3 is 5.73 Å². The van der Waals surface area contributed by atoms with Crippen molar-refractivity contribution in [2.75, 3.05) is 0 Å².